The molecule has 160 valence electrons. The lowest BCUT2D eigenvalue weighted by Crippen LogP contribution is -2.24. The Morgan fingerprint density at radius 3 is 2.58 bits per heavy atom. The van der Waals surface area contributed by atoms with Gasteiger partial charge in [0.2, 0.25) is 0 Å². The summed E-state index contributed by atoms with van der Waals surface area (Å²) in [4.78, 5) is 27.3. The van der Waals surface area contributed by atoms with Crippen LogP contribution < -0.4 is 14.4 Å². The van der Waals surface area contributed by atoms with E-state index in [2.05, 4.69) is 6.58 Å². The fraction of sp³-hybridized carbons (Fsp3) is 0.167. The third-order valence-corrected chi connectivity index (χ3v) is 4.95. The van der Waals surface area contributed by atoms with Gasteiger partial charge >= 0.3 is 5.97 Å². The largest absolute Gasteiger partial charge is 0.493 e. The quantitative estimate of drug-likeness (QED) is 0.352. The van der Waals surface area contributed by atoms with Gasteiger partial charge in [0.1, 0.15) is 6.61 Å². The molecule has 0 aliphatic carbocycles. The number of carbonyl (C=O) groups is 2. The van der Waals surface area contributed by atoms with Gasteiger partial charge in [0, 0.05) is 10.7 Å². The third-order valence-electron chi connectivity index (χ3n) is 4.71. The van der Waals surface area contributed by atoms with E-state index in [9.17, 15) is 9.59 Å². The maximum absolute atomic E-state index is 13.3. The van der Waals surface area contributed by atoms with Gasteiger partial charge in [-0.2, -0.15) is 0 Å². The predicted molar refractivity (Wildman–Crippen MR) is 120 cm³/mol. The number of ether oxygens (including phenoxy) is 3. The van der Waals surface area contributed by atoms with Crippen molar-refractivity contribution in [2.45, 2.75) is 6.92 Å². The molecular formula is C24H22ClNO5. The second-order valence-corrected chi connectivity index (χ2v) is 7.08. The SMILES string of the molecule is C=CCOc1ccc(C=C2C(=O)N(c3cccc(Cl)c3)C(C)=C2C(=O)OC)cc1OC. The van der Waals surface area contributed by atoms with E-state index in [-0.39, 0.29) is 17.1 Å². The third kappa shape index (κ3) is 4.49. The standard InChI is InChI=1S/C24H22ClNO5/c1-5-11-31-20-10-9-16(13-21(20)29-3)12-19-22(24(28)30-4)15(2)26(23(19)27)18-8-6-7-17(25)14-18/h5-10,12-14H,1,11H2,2-4H3. The zero-order chi connectivity index (χ0) is 22.5. The Kier molecular flexibility index (Phi) is 6.82. The summed E-state index contributed by atoms with van der Waals surface area (Å²) in [6.07, 6.45) is 3.26. The summed E-state index contributed by atoms with van der Waals surface area (Å²) in [5.74, 6) is 0.0853. The van der Waals surface area contributed by atoms with Crippen LogP contribution in [0.4, 0.5) is 5.69 Å². The van der Waals surface area contributed by atoms with Crippen LogP contribution >= 0.6 is 11.6 Å². The smallest absolute Gasteiger partial charge is 0.340 e. The molecule has 0 bridgehead atoms. The van der Waals surface area contributed by atoms with Crippen molar-refractivity contribution in [3.63, 3.8) is 0 Å². The number of hydrogen-bond acceptors (Lipinski definition) is 5. The number of carbonyl (C=O) groups excluding carboxylic acids is 2. The molecule has 1 aliphatic heterocycles. The maximum atomic E-state index is 13.3. The number of rotatable bonds is 7. The van der Waals surface area contributed by atoms with Gasteiger partial charge in [-0.15, -0.1) is 0 Å². The van der Waals surface area contributed by atoms with Gasteiger partial charge in [-0.05, 0) is 48.9 Å². The monoisotopic (exact) mass is 439 g/mol. The fourth-order valence-electron chi connectivity index (χ4n) is 3.31. The van der Waals surface area contributed by atoms with Crippen molar-refractivity contribution in [3.05, 3.63) is 82.5 Å². The van der Waals surface area contributed by atoms with Crippen LogP contribution in [0, 0.1) is 0 Å². The molecule has 0 radical (unpaired) electrons. The molecule has 0 N–H and O–H groups in total. The van der Waals surface area contributed by atoms with Crippen molar-refractivity contribution >= 4 is 35.2 Å². The van der Waals surface area contributed by atoms with Gasteiger partial charge in [-0.25, -0.2) is 4.79 Å². The zero-order valence-corrected chi connectivity index (χ0v) is 18.2. The molecule has 6 nitrogen and oxygen atoms in total. The van der Waals surface area contributed by atoms with Crippen LogP contribution in [0.15, 0.2) is 72.0 Å². The Bertz CT molecular complexity index is 1100. The van der Waals surface area contributed by atoms with E-state index in [0.29, 0.717) is 40.1 Å². The summed E-state index contributed by atoms with van der Waals surface area (Å²) in [5, 5.41) is 0.481. The molecule has 0 aromatic heterocycles. The summed E-state index contributed by atoms with van der Waals surface area (Å²) in [6.45, 7) is 5.65. The molecule has 0 spiro atoms. The molecule has 1 amide bonds. The minimum absolute atomic E-state index is 0.193. The highest BCUT2D eigenvalue weighted by Crippen LogP contribution is 2.37. The van der Waals surface area contributed by atoms with Gasteiger partial charge in [0.15, 0.2) is 11.5 Å². The van der Waals surface area contributed by atoms with Crippen LogP contribution in [0.3, 0.4) is 0 Å². The van der Waals surface area contributed by atoms with E-state index in [0.717, 1.165) is 0 Å². The molecule has 31 heavy (non-hydrogen) atoms. The van der Waals surface area contributed by atoms with Gasteiger partial charge in [0.25, 0.3) is 5.91 Å². The van der Waals surface area contributed by atoms with Crippen molar-refractivity contribution in [1.29, 1.82) is 0 Å². The summed E-state index contributed by atoms with van der Waals surface area (Å²) in [7, 11) is 2.81. The van der Waals surface area contributed by atoms with E-state index >= 15 is 0 Å². The summed E-state index contributed by atoms with van der Waals surface area (Å²) < 4.78 is 15.9. The number of methoxy groups -OCH3 is 2. The highest BCUT2D eigenvalue weighted by Gasteiger charge is 2.38. The van der Waals surface area contributed by atoms with Crippen LogP contribution in [0.1, 0.15) is 12.5 Å². The Balaban J connectivity index is 2.08. The first-order valence-corrected chi connectivity index (χ1v) is 9.82. The van der Waals surface area contributed by atoms with Gasteiger partial charge < -0.3 is 14.2 Å². The molecule has 0 saturated carbocycles. The maximum Gasteiger partial charge on any atom is 0.340 e. The van der Waals surface area contributed by atoms with Crippen LogP contribution in [-0.4, -0.2) is 32.7 Å². The number of anilines is 1. The number of allylic oxidation sites excluding steroid dienone is 1. The minimum Gasteiger partial charge on any atom is -0.493 e. The lowest BCUT2D eigenvalue weighted by Gasteiger charge is -2.18. The number of benzene rings is 2. The molecule has 3 rings (SSSR count). The number of nitrogens with zero attached hydrogens (tertiary/aromatic N) is 1. The molecular weight excluding hydrogens is 418 g/mol. The van der Waals surface area contributed by atoms with Crippen molar-refractivity contribution in [2.24, 2.45) is 0 Å². The molecule has 1 aliphatic rings. The van der Waals surface area contributed by atoms with E-state index in [1.807, 2.05) is 0 Å². The summed E-state index contributed by atoms with van der Waals surface area (Å²) in [5.41, 5.74) is 2.09. The fourth-order valence-corrected chi connectivity index (χ4v) is 3.50. The second-order valence-electron chi connectivity index (χ2n) is 6.64. The number of halogens is 1. The second kappa shape index (κ2) is 9.53. The molecule has 2 aromatic rings. The van der Waals surface area contributed by atoms with Gasteiger partial charge in [-0.3, -0.25) is 9.69 Å². The van der Waals surface area contributed by atoms with Crippen LogP contribution in [0.25, 0.3) is 6.08 Å². The first-order chi connectivity index (χ1) is 14.9. The average molecular weight is 440 g/mol. The number of amides is 1. The van der Waals surface area contributed by atoms with E-state index < -0.39 is 5.97 Å². The lowest BCUT2D eigenvalue weighted by molar-refractivity contribution is -0.136. The number of hydrogen-bond donors (Lipinski definition) is 0. The Morgan fingerprint density at radius 1 is 1.16 bits per heavy atom. The van der Waals surface area contributed by atoms with Crippen LogP contribution in [0.5, 0.6) is 11.5 Å². The highest BCUT2D eigenvalue weighted by atomic mass is 35.5. The number of esters is 1. The van der Waals surface area contributed by atoms with E-state index in [1.165, 1.54) is 19.1 Å². The highest BCUT2D eigenvalue weighted by molar-refractivity contribution is 6.31. The molecule has 0 unspecified atom stereocenters. The minimum atomic E-state index is -0.598. The molecule has 0 atom stereocenters. The average Bonchev–Trinajstić information content (AvgIpc) is 3.01. The Hall–Kier alpha value is -3.51. The van der Waals surface area contributed by atoms with Gasteiger partial charge in [0.05, 0.1) is 31.1 Å². The van der Waals surface area contributed by atoms with Crippen molar-refractivity contribution in [1.82, 2.24) is 0 Å². The summed E-state index contributed by atoms with van der Waals surface area (Å²) >= 11 is 6.10. The first-order valence-electron chi connectivity index (χ1n) is 9.44. The van der Waals surface area contributed by atoms with Crippen molar-refractivity contribution in [3.8, 4) is 11.5 Å². The summed E-state index contributed by atoms with van der Waals surface area (Å²) in [6, 6.07) is 12.1. The topological polar surface area (TPSA) is 65.1 Å². The van der Waals surface area contributed by atoms with Crippen molar-refractivity contribution in [2.75, 3.05) is 25.7 Å². The lowest BCUT2D eigenvalue weighted by atomic mass is 10.0. The van der Waals surface area contributed by atoms with Crippen LogP contribution in [0.2, 0.25) is 5.02 Å². The Morgan fingerprint density at radius 2 is 1.94 bits per heavy atom. The van der Waals surface area contributed by atoms with Gasteiger partial charge in [-0.1, -0.05) is 36.4 Å². The van der Waals surface area contributed by atoms with E-state index in [4.69, 9.17) is 25.8 Å². The van der Waals surface area contributed by atoms with Crippen LogP contribution in [-0.2, 0) is 14.3 Å². The normalized spacial score (nSPS) is 14.8. The Labute approximate surface area is 186 Å². The molecule has 0 saturated heterocycles. The molecule has 7 heteroatoms. The molecule has 2 aromatic carbocycles. The predicted octanol–water partition coefficient (Wildman–Crippen LogP) is 4.79. The molecule has 0 fully saturated rings. The van der Waals surface area contributed by atoms with E-state index in [1.54, 1.807) is 61.5 Å². The van der Waals surface area contributed by atoms with Crippen molar-refractivity contribution < 1.29 is 23.8 Å². The molecule has 1 heterocycles. The zero-order valence-electron chi connectivity index (χ0n) is 17.5. The first kappa shape index (κ1) is 22.2.